The number of nitrogens with one attached hydrogen (secondary N) is 1. The minimum absolute atomic E-state index is 0.188. The van der Waals surface area contributed by atoms with Crippen molar-refractivity contribution < 1.29 is 0 Å². The quantitative estimate of drug-likeness (QED) is 0.779. The van der Waals surface area contributed by atoms with E-state index in [-0.39, 0.29) is 5.41 Å². The van der Waals surface area contributed by atoms with Gasteiger partial charge in [-0.15, -0.1) is 11.3 Å². The van der Waals surface area contributed by atoms with Crippen LogP contribution in [0.2, 0.25) is 0 Å². The number of hydrogen-bond acceptors (Lipinski definition) is 2. The first-order valence-corrected chi connectivity index (χ1v) is 8.75. The van der Waals surface area contributed by atoms with Crippen molar-refractivity contribution in [1.82, 2.24) is 5.32 Å². The molecule has 0 bridgehead atoms. The van der Waals surface area contributed by atoms with E-state index in [1.165, 1.54) is 31.7 Å². The van der Waals surface area contributed by atoms with E-state index < -0.39 is 0 Å². The van der Waals surface area contributed by atoms with Gasteiger partial charge in [0, 0.05) is 16.1 Å². The van der Waals surface area contributed by atoms with E-state index in [1.807, 2.05) is 11.3 Å². The third-order valence-corrected chi connectivity index (χ3v) is 5.12. The second-order valence-electron chi connectivity index (χ2n) is 7.63. The Morgan fingerprint density at radius 1 is 1.14 bits per heavy atom. The van der Waals surface area contributed by atoms with Crippen molar-refractivity contribution in [1.29, 1.82) is 0 Å². The SMILES string of the molecule is Cc1cc(C)c2sc(CNCC(C)C)c(C(C)(C)C)c2c1. The largest absolute Gasteiger partial charge is 0.312 e. The van der Waals surface area contributed by atoms with Crippen LogP contribution in [-0.4, -0.2) is 6.54 Å². The van der Waals surface area contributed by atoms with E-state index in [1.54, 1.807) is 0 Å². The molecule has 0 aliphatic rings. The van der Waals surface area contributed by atoms with Crippen molar-refractivity contribution in [2.75, 3.05) is 6.54 Å². The van der Waals surface area contributed by atoms with E-state index in [0.29, 0.717) is 5.92 Å². The maximum absolute atomic E-state index is 3.62. The summed E-state index contributed by atoms with van der Waals surface area (Å²) in [4.78, 5) is 1.51. The van der Waals surface area contributed by atoms with Gasteiger partial charge in [-0.2, -0.15) is 0 Å². The van der Waals surface area contributed by atoms with E-state index in [4.69, 9.17) is 0 Å². The second kappa shape index (κ2) is 6.10. The fraction of sp³-hybridized carbons (Fsp3) is 0.579. The molecule has 0 amide bonds. The highest BCUT2D eigenvalue weighted by molar-refractivity contribution is 7.19. The van der Waals surface area contributed by atoms with Gasteiger partial charge in [-0.3, -0.25) is 0 Å². The van der Waals surface area contributed by atoms with E-state index in [9.17, 15) is 0 Å². The minimum atomic E-state index is 0.188. The van der Waals surface area contributed by atoms with Crippen LogP contribution in [0.3, 0.4) is 0 Å². The van der Waals surface area contributed by atoms with Crippen molar-refractivity contribution in [3.05, 3.63) is 33.7 Å². The highest BCUT2D eigenvalue weighted by atomic mass is 32.1. The van der Waals surface area contributed by atoms with Crippen LogP contribution in [-0.2, 0) is 12.0 Å². The van der Waals surface area contributed by atoms with Gasteiger partial charge in [0.25, 0.3) is 0 Å². The van der Waals surface area contributed by atoms with Gasteiger partial charge in [-0.05, 0) is 48.2 Å². The molecule has 2 aromatic rings. The zero-order chi connectivity index (χ0) is 15.8. The maximum Gasteiger partial charge on any atom is 0.0378 e. The number of aryl methyl sites for hydroxylation is 2. The van der Waals surface area contributed by atoms with Crippen LogP contribution in [0.1, 0.15) is 56.2 Å². The minimum Gasteiger partial charge on any atom is -0.312 e. The first-order chi connectivity index (χ1) is 9.70. The van der Waals surface area contributed by atoms with Gasteiger partial charge < -0.3 is 5.32 Å². The van der Waals surface area contributed by atoms with Crippen LogP contribution in [0.15, 0.2) is 12.1 Å². The molecule has 0 atom stereocenters. The summed E-state index contributed by atoms with van der Waals surface area (Å²) in [5, 5.41) is 5.08. The van der Waals surface area contributed by atoms with Crippen LogP contribution in [0.4, 0.5) is 0 Å². The fourth-order valence-corrected chi connectivity index (χ4v) is 4.45. The average Bonchev–Trinajstić information content (AvgIpc) is 2.66. The van der Waals surface area contributed by atoms with Gasteiger partial charge in [-0.1, -0.05) is 52.3 Å². The third kappa shape index (κ3) is 3.67. The topological polar surface area (TPSA) is 12.0 Å². The van der Waals surface area contributed by atoms with Gasteiger partial charge in [0.1, 0.15) is 0 Å². The van der Waals surface area contributed by atoms with Crippen molar-refractivity contribution in [2.24, 2.45) is 5.92 Å². The summed E-state index contributed by atoms with van der Waals surface area (Å²) >= 11 is 1.98. The summed E-state index contributed by atoms with van der Waals surface area (Å²) in [6, 6.07) is 4.67. The summed E-state index contributed by atoms with van der Waals surface area (Å²) < 4.78 is 1.46. The Morgan fingerprint density at radius 2 is 1.81 bits per heavy atom. The van der Waals surface area contributed by atoms with Gasteiger partial charge >= 0.3 is 0 Å². The first kappa shape index (κ1) is 16.5. The average molecular weight is 304 g/mol. The Kier molecular flexibility index (Phi) is 4.79. The fourth-order valence-electron chi connectivity index (χ4n) is 3.02. The summed E-state index contributed by atoms with van der Waals surface area (Å²) in [5.74, 6) is 0.696. The molecular formula is C19H29NS. The Hall–Kier alpha value is -0.860. The van der Waals surface area contributed by atoms with Crippen molar-refractivity contribution in [2.45, 2.75) is 60.4 Å². The van der Waals surface area contributed by atoms with Gasteiger partial charge in [0.05, 0.1) is 0 Å². The van der Waals surface area contributed by atoms with Gasteiger partial charge in [0.2, 0.25) is 0 Å². The van der Waals surface area contributed by atoms with Gasteiger partial charge in [-0.25, -0.2) is 0 Å². The zero-order valence-corrected chi connectivity index (χ0v) is 15.4. The normalized spacial score (nSPS) is 12.6. The molecule has 0 radical (unpaired) electrons. The van der Waals surface area contributed by atoms with E-state index in [0.717, 1.165) is 13.1 Å². The molecule has 116 valence electrons. The molecule has 0 aliphatic carbocycles. The molecule has 1 nitrogen and oxygen atoms in total. The van der Waals surface area contributed by atoms with Crippen LogP contribution in [0.25, 0.3) is 10.1 Å². The molecule has 0 saturated carbocycles. The third-order valence-electron chi connectivity index (χ3n) is 3.78. The Labute approximate surface area is 133 Å². The predicted molar refractivity (Wildman–Crippen MR) is 96.5 cm³/mol. The highest BCUT2D eigenvalue weighted by Crippen LogP contribution is 2.41. The van der Waals surface area contributed by atoms with Crippen LogP contribution in [0.5, 0.6) is 0 Å². The molecule has 0 fully saturated rings. The van der Waals surface area contributed by atoms with Crippen molar-refractivity contribution >= 4 is 21.4 Å². The monoisotopic (exact) mass is 303 g/mol. The number of fused-ring (bicyclic) bond motifs is 1. The lowest BCUT2D eigenvalue weighted by Crippen LogP contribution is -2.21. The van der Waals surface area contributed by atoms with Crippen molar-refractivity contribution in [3.63, 3.8) is 0 Å². The molecule has 1 heterocycles. The summed E-state index contributed by atoms with van der Waals surface area (Å²) in [7, 11) is 0. The summed E-state index contributed by atoms with van der Waals surface area (Å²) in [5.41, 5.74) is 4.50. The molecule has 1 aromatic heterocycles. The standard InChI is InChI=1S/C19H29NS/c1-12(2)10-20-11-16-17(19(5,6)7)15-9-13(3)8-14(4)18(15)21-16/h8-9,12,20H,10-11H2,1-7H3. The lowest BCUT2D eigenvalue weighted by Gasteiger charge is -2.21. The molecule has 0 unspecified atom stereocenters. The van der Waals surface area contributed by atoms with Crippen LogP contribution < -0.4 is 5.32 Å². The van der Waals surface area contributed by atoms with Crippen molar-refractivity contribution in [3.8, 4) is 0 Å². The predicted octanol–water partition coefficient (Wildman–Crippen LogP) is 5.56. The number of benzene rings is 1. The smallest absolute Gasteiger partial charge is 0.0378 e. The summed E-state index contributed by atoms with van der Waals surface area (Å²) in [6.45, 7) is 18.0. The molecule has 21 heavy (non-hydrogen) atoms. The van der Waals surface area contributed by atoms with Gasteiger partial charge in [0.15, 0.2) is 0 Å². The van der Waals surface area contributed by atoms with Crippen LogP contribution in [0, 0.1) is 19.8 Å². The van der Waals surface area contributed by atoms with E-state index in [2.05, 4.69) is 65.9 Å². The summed E-state index contributed by atoms with van der Waals surface area (Å²) in [6.07, 6.45) is 0. The molecule has 1 N–H and O–H groups in total. The highest BCUT2D eigenvalue weighted by Gasteiger charge is 2.24. The second-order valence-corrected chi connectivity index (χ2v) is 8.74. The number of hydrogen-bond donors (Lipinski definition) is 1. The van der Waals surface area contributed by atoms with Crippen LogP contribution >= 0.6 is 11.3 Å². The molecule has 0 spiro atoms. The lowest BCUT2D eigenvalue weighted by atomic mass is 9.84. The van der Waals surface area contributed by atoms with E-state index >= 15 is 0 Å². The molecule has 1 aromatic carbocycles. The Bertz CT molecular complexity index is 629. The zero-order valence-electron chi connectivity index (χ0n) is 14.6. The molecule has 0 aliphatic heterocycles. The Morgan fingerprint density at radius 3 is 2.38 bits per heavy atom. The maximum atomic E-state index is 3.62. The lowest BCUT2D eigenvalue weighted by molar-refractivity contribution is 0.543. The molecule has 2 heteroatoms. The number of rotatable bonds is 4. The molecule has 2 rings (SSSR count). The Balaban J connectivity index is 2.51. The first-order valence-electron chi connectivity index (χ1n) is 7.94. The molecule has 0 saturated heterocycles. The molecular weight excluding hydrogens is 274 g/mol. The number of thiophene rings is 1.